The number of carbonyl (C=O) groups is 2. The van der Waals surface area contributed by atoms with Crippen molar-refractivity contribution in [1.82, 2.24) is 9.37 Å². The van der Waals surface area contributed by atoms with Crippen LogP contribution in [-0.2, 0) is 24.4 Å². The maximum atomic E-state index is 12.4. The lowest BCUT2D eigenvalue weighted by Gasteiger charge is -2.38. The first kappa shape index (κ1) is 21.3. The van der Waals surface area contributed by atoms with E-state index in [2.05, 4.69) is 0 Å². The molecular formula is C18H26N2O6S. The number of likely N-dealkylation sites (tertiary alicyclic amines) is 1. The molecule has 0 unspecified atom stereocenters. The van der Waals surface area contributed by atoms with Gasteiger partial charge in [-0.05, 0) is 57.4 Å². The molecule has 9 heteroatoms. The van der Waals surface area contributed by atoms with Crippen molar-refractivity contribution in [2.24, 2.45) is 0 Å². The largest absolute Gasteiger partial charge is 0.452 e. The number of amides is 1. The van der Waals surface area contributed by atoms with Gasteiger partial charge in [0.05, 0.1) is 17.6 Å². The molecule has 1 aromatic carbocycles. The molecule has 1 heterocycles. The average molecular weight is 398 g/mol. The number of carbonyl (C=O) groups excluding carboxylic acids is 2. The zero-order valence-electron chi connectivity index (χ0n) is 16.0. The van der Waals surface area contributed by atoms with Crippen LogP contribution in [0.4, 0.5) is 0 Å². The molecule has 2 atom stereocenters. The molecule has 0 aromatic heterocycles. The van der Waals surface area contributed by atoms with E-state index in [0.717, 1.165) is 23.7 Å². The van der Waals surface area contributed by atoms with Gasteiger partial charge < -0.3 is 9.64 Å². The molecule has 1 saturated heterocycles. The summed E-state index contributed by atoms with van der Waals surface area (Å²) in [4.78, 5) is 31.0. The molecule has 0 aliphatic carbocycles. The zero-order valence-corrected chi connectivity index (χ0v) is 16.9. The molecule has 150 valence electrons. The lowest BCUT2D eigenvalue weighted by Crippen LogP contribution is -2.49. The van der Waals surface area contributed by atoms with Gasteiger partial charge in [0.15, 0.2) is 6.61 Å². The summed E-state index contributed by atoms with van der Waals surface area (Å²) in [6, 6.07) is 5.52. The summed E-state index contributed by atoms with van der Waals surface area (Å²) >= 11 is 0. The fourth-order valence-electron chi connectivity index (χ4n) is 3.21. The van der Waals surface area contributed by atoms with Crippen molar-refractivity contribution in [2.75, 3.05) is 20.8 Å². The van der Waals surface area contributed by atoms with Crippen molar-refractivity contribution < 1.29 is 27.6 Å². The summed E-state index contributed by atoms with van der Waals surface area (Å²) in [5, 5.41) is 0. The van der Waals surface area contributed by atoms with E-state index in [0.29, 0.717) is 0 Å². The van der Waals surface area contributed by atoms with Gasteiger partial charge in [0, 0.05) is 19.1 Å². The van der Waals surface area contributed by atoms with E-state index in [-0.39, 0.29) is 35.1 Å². The van der Waals surface area contributed by atoms with Crippen molar-refractivity contribution >= 4 is 21.9 Å². The Morgan fingerprint density at radius 2 is 1.70 bits per heavy atom. The second-order valence-electron chi connectivity index (χ2n) is 6.63. The summed E-state index contributed by atoms with van der Waals surface area (Å²) < 4.78 is 30.1. The number of hydrogen-bond acceptors (Lipinski definition) is 6. The van der Waals surface area contributed by atoms with Crippen LogP contribution in [0.1, 0.15) is 43.5 Å². The Bertz CT molecular complexity index is 768. The van der Waals surface area contributed by atoms with Crippen LogP contribution in [-0.4, -0.2) is 62.5 Å². The highest BCUT2D eigenvalue weighted by molar-refractivity contribution is 7.89. The van der Waals surface area contributed by atoms with Gasteiger partial charge in [0.1, 0.15) is 0 Å². The quantitative estimate of drug-likeness (QED) is 0.536. The van der Waals surface area contributed by atoms with E-state index < -0.39 is 16.0 Å². The molecular weight excluding hydrogens is 372 g/mol. The third-order valence-electron chi connectivity index (χ3n) is 4.79. The van der Waals surface area contributed by atoms with Gasteiger partial charge in [0.25, 0.3) is 15.9 Å². The molecule has 0 spiro atoms. The van der Waals surface area contributed by atoms with E-state index in [1.54, 1.807) is 4.90 Å². The first-order valence-electron chi connectivity index (χ1n) is 8.80. The van der Waals surface area contributed by atoms with E-state index in [1.165, 1.54) is 38.4 Å². The number of piperidine rings is 1. The third-order valence-corrected chi connectivity index (χ3v) is 6.49. The van der Waals surface area contributed by atoms with Crippen molar-refractivity contribution in [2.45, 2.75) is 50.1 Å². The molecule has 0 bridgehead atoms. The number of hydrogen-bond donors (Lipinski definition) is 0. The molecule has 27 heavy (non-hydrogen) atoms. The Hall–Kier alpha value is -1.97. The van der Waals surface area contributed by atoms with Crippen LogP contribution in [0.3, 0.4) is 0 Å². The van der Waals surface area contributed by atoms with E-state index in [4.69, 9.17) is 9.57 Å². The SMILES string of the molecule is CON(C)S(=O)(=O)c1ccc(C(=O)OCC(=O)N2[C@H](C)CCC[C@H]2C)cc1. The second-order valence-corrected chi connectivity index (χ2v) is 8.56. The number of ether oxygens (including phenoxy) is 1. The molecule has 0 N–H and O–H groups in total. The molecule has 0 saturated carbocycles. The molecule has 2 rings (SSSR count). The fourth-order valence-corrected chi connectivity index (χ4v) is 4.18. The average Bonchev–Trinajstić information content (AvgIpc) is 2.65. The van der Waals surface area contributed by atoms with Crippen LogP contribution in [0.15, 0.2) is 29.2 Å². The van der Waals surface area contributed by atoms with E-state index in [1.807, 2.05) is 13.8 Å². The van der Waals surface area contributed by atoms with Crippen LogP contribution < -0.4 is 0 Å². The summed E-state index contributed by atoms with van der Waals surface area (Å²) in [7, 11) is -1.28. The Morgan fingerprint density at radius 1 is 1.15 bits per heavy atom. The van der Waals surface area contributed by atoms with Gasteiger partial charge in [-0.2, -0.15) is 0 Å². The lowest BCUT2D eigenvalue weighted by molar-refractivity contribution is -0.140. The number of esters is 1. The second kappa shape index (κ2) is 8.81. The molecule has 1 amide bonds. The Morgan fingerprint density at radius 3 is 2.22 bits per heavy atom. The van der Waals surface area contributed by atoms with Gasteiger partial charge in [-0.3, -0.25) is 9.63 Å². The smallest absolute Gasteiger partial charge is 0.338 e. The first-order chi connectivity index (χ1) is 12.7. The minimum atomic E-state index is -3.79. The molecule has 1 aromatic rings. The Kier molecular flexibility index (Phi) is 6.96. The highest BCUT2D eigenvalue weighted by atomic mass is 32.2. The van der Waals surface area contributed by atoms with Gasteiger partial charge in [-0.1, -0.05) is 4.47 Å². The predicted octanol–water partition coefficient (Wildman–Crippen LogP) is 1.81. The zero-order chi connectivity index (χ0) is 20.2. The summed E-state index contributed by atoms with van der Waals surface area (Å²) in [5.41, 5.74) is 0.168. The highest BCUT2D eigenvalue weighted by Crippen LogP contribution is 2.22. The van der Waals surface area contributed by atoms with Gasteiger partial charge in [-0.15, -0.1) is 0 Å². The van der Waals surface area contributed by atoms with Gasteiger partial charge in [-0.25, -0.2) is 13.2 Å². The number of nitrogens with zero attached hydrogens (tertiary/aromatic N) is 2. The number of hydroxylamine groups is 1. The van der Waals surface area contributed by atoms with Crippen molar-refractivity contribution in [1.29, 1.82) is 0 Å². The molecule has 0 radical (unpaired) electrons. The monoisotopic (exact) mass is 398 g/mol. The van der Waals surface area contributed by atoms with Crippen molar-refractivity contribution in [3.8, 4) is 0 Å². The minimum Gasteiger partial charge on any atom is -0.452 e. The molecule has 1 aliphatic rings. The van der Waals surface area contributed by atoms with Gasteiger partial charge in [0.2, 0.25) is 0 Å². The van der Waals surface area contributed by atoms with E-state index in [9.17, 15) is 18.0 Å². The van der Waals surface area contributed by atoms with Gasteiger partial charge >= 0.3 is 5.97 Å². The Balaban J connectivity index is 1.99. The highest BCUT2D eigenvalue weighted by Gasteiger charge is 2.29. The summed E-state index contributed by atoms with van der Waals surface area (Å²) in [6.45, 7) is 3.65. The first-order valence-corrected chi connectivity index (χ1v) is 10.2. The number of sulfonamides is 1. The van der Waals surface area contributed by atoms with Crippen molar-refractivity contribution in [3.05, 3.63) is 29.8 Å². The van der Waals surface area contributed by atoms with Crippen LogP contribution in [0.5, 0.6) is 0 Å². The minimum absolute atomic E-state index is 0.0181. The lowest BCUT2D eigenvalue weighted by atomic mass is 9.97. The maximum absolute atomic E-state index is 12.4. The van der Waals surface area contributed by atoms with Crippen LogP contribution in [0.25, 0.3) is 0 Å². The predicted molar refractivity (Wildman–Crippen MR) is 98.3 cm³/mol. The van der Waals surface area contributed by atoms with Crippen LogP contribution >= 0.6 is 0 Å². The summed E-state index contributed by atoms with van der Waals surface area (Å²) in [6.07, 6.45) is 2.96. The van der Waals surface area contributed by atoms with Crippen molar-refractivity contribution in [3.63, 3.8) is 0 Å². The topological polar surface area (TPSA) is 93.2 Å². The van der Waals surface area contributed by atoms with Crippen LogP contribution in [0.2, 0.25) is 0 Å². The van der Waals surface area contributed by atoms with Crippen LogP contribution in [0, 0.1) is 0 Å². The number of benzene rings is 1. The standard InChI is InChI=1S/C18H26N2O6S/c1-13-6-5-7-14(2)20(13)17(21)12-26-18(22)15-8-10-16(11-9-15)27(23,24)19(3)25-4/h8-11,13-14H,5-7,12H2,1-4H3/t13-,14-/m1/s1. The maximum Gasteiger partial charge on any atom is 0.338 e. The Labute approximate surface area is 160 Å². The number of rotatable bonds is 6. The molecule has 1 aliphatic heterocycles. The fraction of sp³-hybridized carbons (Fsp3) is 0.556. The third kappa shape index (κ3) is 4.85. The molecule has 1 fully saturated rings. The summed E-state index contributed by atoms with van der Waals surface area (Å²) in [5.74, 6) is -0.895. The normalized spacial score (nSPS) is 20.6. The molecule has 8 nitrogen and oxygen atoms in total. The van der Waals surface area contributed by atoms with E-state index >= 15 is 0 Å².